The molecule has 0 spiro atoms. The van der Waals surface area contributed by atoms with E-state index in [0.29, 0.717) is 13.0 Å². The second-order valence-electron chi connectivity index (χ2n) is 6.70. The van der Waals surface area contributed by atoms with E-state index in [-0.39, 0.29) is 23.3 Å². The zero-order valence-electron chi connectivity index (χ0n) is 12.6. The lowest BCUT2D eigenvalue weighted by atomic mass is 9.99. The van der Waals surface area contributed by atoms with Crippen LogP contribution < -0.4 is 5.32 Å². The summed E-state index contributed by atoms with van der Waals surface area (Å²) in [6, 6.07) is 9.05. The first kappa shape index (κ1) is 14.1. The number of hydrogen-bond acceptors (Lipinski definition) is 2. The number of carbonyl (C=O) groups is 2. The van der Waals surface area contributed by atoms with Crippen molar-refractivity contribution in [2.24, 2.45) is 5.41 Å². The smallest absolute Gasteiger partial charge is 0.246 e. The van der Waals surface area contributed by atoms with Gasteiger partial charge in [-0.05, 0) is 30.7 Å². The molecule has 2 unspecified atom stereocenters. The van der Waals surface area contributed by atoms with Crippen molar-refractivity contribution in [3.63, 3.8) is 0 Å². The second kappa shape index (κ2) is 5.17. The summed E-state index contributed by atoms with van der Waals surface area (Å²) in [5.74, 6) is 0.0128. The van der Waals surface area contributed by atoms with Gasteiger partial charge in [0, 0.05) is 13.0 Å². The van der Waals surface area contributed by atoms with Crippen LogP contribution in [0.25, 0.3) is 0 Å². The number of carbonyl (C=O) groups excluding carboxylic acids is 2. The highest BCUT2D eigenvalue weighted by atomic mass is 16.2. The number of amides is 2. The molecule has 0 aromatic heterocycles. The SMILES string of the molecule is CC1C(=O)NC(Cc2ccccc2)C(=O)N1CC1(C)CC1. The molecule has 0 radical (unpaired) electrons. The number of rotatable bonds is 4. The van der Waals surface area contributed by atoms with Gasteiger partial charge in [-0.2, -0.15) is 0 Å². The van der Waals surface area contributed by atoms with Crippen LogP contribution in [-0.4, -0.2) is 35.3 Å². The summed E-state index contributed by atoms with van der Waals surface area (Å²) >= 11 is 0. The van der Waals surface area contributed by atoms with Crippen LogP contribution in [0.5, 0.6) is 0 Å². The Labute approximate surface area is 125 Å². The highest BCUT2D eigenvalue weighted by molar-refractivity contribution is 5.96. The normalized spacial score (nSPS) is 27.4. The minimum absolute atomic E-state index is 0.0419. The largest absolute Gasteiger partial charge is 0.342 e. The van der Waals surface area contributed by atoms with Crippen molar-refractivity contribution >= 4 is 11.8 Å². The molecule has 112 valence electrons. The molecule has 2 fully saturated rings. The van der Waals surface area contributed by atoms with Crippen LogP contribution in [0.4, 0.5) is 0 Å². The monoisotopic (exact) mass is 286 g/mol. The van der Waals surface area contributed by atoms with Crippen LogP contribution in [0, 0.1) is 5.41 Å². The summed E-state index contributed by atoms with van der Waals surface area (Å²) in [7, 11) is 0. The van der Waals surface area contributed by atoms with Gasteiger partial charge in [-0.3, -0.25) is 9.59 Å². The lowest BCUT2D eigenvalue weighted by Gasteiger charge is -2.39. The molecule has 2 amide bonds. The van der Waals surface area contributed by atoms with E-state index in [0.717, 1.165) is 18.4 Å². The van der Waals surface area contributed by atoms with Gasteiger partial charge in [-0.15, -0.1) is 0 Å². The van der Waals surface area contributed by atoms with Crippen molar-refractivity contribution in [3.05, 3.63) is 35.9 Å². The lowest BCUT2D eigenvalue weighted by molar-refractivity contribution is -0.149. The minimum atomic E-state index is -0.432. The van der Waals surface area contributed by atoms with Crippen molar-refractivity contribution in [3.8, 4) is 0 Å². The number of nitrogens with zero attached hydrogens (tertiary/aromatic N) is 1. The van der Waals surface area contributed by atoms with Gasteiger partial charge in [-0.25, -0.2) is 0 Å². The third kappa shape index (κ3) is 2.94. The maximum atomic E-state index is 12.7. The fraction of sp³-hybridized carbons (Fsp3) is 0.529. The van der Waals surface area contributed by atoms with Crippen LogP contribution in [0.15, 0.2) is 30.3 Å². The van der Waals surface area contributed by atoms with Crippen LogP contribution in [0.1, 0.15) is 32.3 Å². The minimum Gasteiger partial charge on any atom is -0.342 e. The topological polar surface area (TPSA) is 49.4 Å². The summed E-state index contributed by atoms with van der Waals surface area (Å²) < 4.78 is 0. The molecular formula is C17H22N2O2. The first-order chi connectivity index (χ1) is 9.98. The average molecular weight is 286 g/mol. The van der Waals surface area contributed by atoms with Crippen LogP contribution in [0.2, 0.25) is 0 Å². The second-order valence-corrected chi connectivity index (χ2v) is 6.70. The highest BCUT2D eigenvalue weighted by Gasteiger charge is 2.45. The number of hydrogen-bond donors (Lipinski definition) is 1. The molecule has 0 bridgehead atoms. The van der Waals surface area contributed by atoms with Gasteiger partial charge in [0.2, 0.25) is 11.8 Å². The third-order valence-electron chi connectivity index (χ3n) is 4.68. The Morgan fingerprint density at radius 3 is 2.52 bits per heavy atom. The summed E-state index contributed by atoms with van der Waals surface area (Å²) in [6.07, 6.45) is 2.86. The van der Waals surface area contributed by atoms with Crippen LogP contribution >= 0.6 is 0 Å². The maximum Gasteiger partial charge on any atom is 0.246 e. The Kier molecular flexibility index (Phi) is 3.47. The predicted octanol–water partition coefficient (Wildman–Crippen LogP) is 1.74. The number of piperazine rings is 1. The van der Waals surface area contributed by atoms with Crippen LogP contribution in [-0.2, 0) is 16.0 Å². The van der Waals surface area contributed by atoms with Gasteiger partial charge in [0.15, 0.2) is 0 Å². The van der Waals surface area contributed by atoms with Gasteiger partial charge in [0.05, 0.1) is 0 Å². The molecule has 1 aliphatic heterocycles. The third-order valence-corrected chi connectivity index (χ3v) is 4.68. The van der Waals surface area contributed by atoms with Crippen molar-refractivity contribution in [2.75, 3.05) is 6.54 Å². The van der Waals surface area contributed by atoms with E-state index in [9.17, 15) is 9.59 Å². The Bertz CT molecular complexity index is 551. The zero-order chi connectivity index (χ0) is 15.0. The fourth-order valence-corrected chi connectivity index (χ4v) is 2.87. The quantitative estimate of drug-likeness (QED) is 0.916. The van der Waals surface area contributed by atoms with E-state index in [4.69, 9.17) is 0 Å². The van der Waals surface area contributed by atoms with Gasteiger partial charge < -0.3 is 10.2 Å². The molecule has 3 rings (SSSR count). The molecule has 1 saturated heterocycles. The fourth-order valence-electron chi connectivity index (χ4n) is 2.87. The number of nitrogens with one attached hydrogen (secondary N) is 1. The molecule has 1 aromatic rings. The molecule has 1 saturated carbocycles. The summed E-state index contributed by atoms with van der Waals surface area (Å²) in [6.45, 7) is 4.70. The Hall–Kier alpha value is -1.84. The van der Waals surface area contributed by atoms with Crippen molar-refractivity contribution in [2.45, 2.75) is 45.2 Å². The Morgan fingerprint density at radius 1 is 1.24 bits per heavy atom. The molecule has 1 heterocycles. The summed E-state index contributed by atoms with van der Waals surface area (Å²) in [4.78, 5) is 26.6. The van der Waals surface area contributed by atoms with Crippen molar-refractivity contribution in [1.29, 1.82) is 0 Å². The standard InChI is InChI=1S/C17H22N2O2/c1-12-15(20)18-14(10-13-6-4-3-5-7-13)16(21)19(12)11-17(2)8-9-17/h3-7,12,14H,8-11H2,1-2H3,(H,18,20). The Morgan fingerprint density at radius 2 is 1.90 bits per heavy atom. The predicted molar refractivity (Wildman–Crippen MR) is 80.6 cm³/mol. The lowest BCUT2D eigenvalue weighted by Crippen LogP contribution is -2.63. The Balaban J connectivity index is 1.75. The molecule has 2 aliphatic rings. The van der Waals surface area contributed by atoms with E-state index >= 15 is 0 Å². The first-order valence-electron chi connectivity index (χ1n) is 7.63. The van der Waals surface area contributed by atoms with E-state index in [1.165, 1.54) is 0 Å². The summed E-state index contributed by atoms with van der Waals surface area (Å²) in [5.41, 5.74) is 1.29. The molecule has 2 atom stereocenters. The van der Waals surface area contributed by atoms with Gasteiger partial charge in [0.1, 0.15) is 12.1 Å². The molecule has 21 heavy (non-hydrogen) atoms. The molecule has 1 aliphatic carbocycles. The van der Waals surface area contributed by atoms with E-state index in [1.54, 1.807) is 4.90 Å². The molecule has 1 aromatic carbocycles. The van der Waals surface area contributed by atoms with Crippen molar-refractivity contribution < 1.29 is 9.59 Å². The maximum absolute atomic E-state index is 12.7. The number of benzene rings is 1. The van der Waals surface area contributed by atoms with E-state index in [1.807, 2.05) is 37.3 Å². The van der Waals surface area contributed by atoms with Gasteiger partial charge in [0.25, 0.3) is 0 Å². The molecule has 4 nitrogen and oxygen atoms in total. The van der Waals surface area contributed by atoms with E-state index in [2.05, 4.69) is 12.2 Å². The highest BCUT2D eigenvalue weighted by Crippen LogP contribution is 2.46. The molecule has 1 N–H and O–H groups in total. The van der Waals surface area contributed by atoms with Crippen molar-refractivity contribution in [1.82, 2.24) is 10.2 Å². The zero-order valence-corrected chi connectivity index (χ0v) is 12.6. The average Bonchev–Trinajstić information content (AvgIpc) is 3.20. The molecule has 4 heteroatoms. The van der Waals surface area contributed by atoms with Gasteiger partial charge in [-0.1, -0.05) is 37.3 Å². The van der Waals surface area contributed by atoms with Crippen LogP contribution in [0.3, 0.4) is 0 Å². The van der Waals surface area contributed by atoms with E-state index < -0.39 is 6.04 Å². The van der Waals surface area contributed by atoms with Gasteiger partial charge >= 0.3 is 0 Å². The summed E-state index contributed by atoms with van der Waals surface area (Å²) in [5, 5.41) is 2.87. The first-order valence-corrected chi connectivity index (χ1v) is 7.63. The molecular weight excluding hydrogens is 264 g/mol.